The summed E-state index contributed by atoms with van der Waals surface area (Å²) >= 11 is 0. The number of rotatable bonds is 7. The standard InChI is InChI=1S/C16H26N2O/c1-5-13(6-2)12(4)18-16(19)14-10-8-9-11-15(14)17-7-3/h8-13,17H,5-7H2,1-4H3,(H,18,19). The van der Waals surface area contributed by atoms with E-state index in [2.05, 4.69) is 31.4 Å². The van der Waals surface area contributed by atoms with Gasteiger partial charge in [0.05, 0.1) is 5.56 Å². The monoisotopic (exact) mass is 262 g/mol. The summed E-state index contributed by atoms with van der Waals surface area (Å²) in [7, 11) is 0. The number of nitrogens with one attached hydrogen (secondary N) is 2. The highest BCUT2D eigenvalue weighted by Crippen LogP contribution is 2.17. The first kappa shape index (κ1) is 15.5. The quantitative estimate of drug-likeness (QED) is 0.787. The molecule has 0 saturated heterocycles. The van der Waals surface area contributed by atoms with Gasteiger partial charge >= 0.3 is 0 Å². The van der Waals surface area contributed by atoms with E-state index in [1.807, 2.05) is 31.2 Å². The van der Waals surface area contributed by atoms with Gasteiger partial charge in [0.2, 0.25) is 0 Å². The van der Waals surface area contributed by atoms with Gasteiger partial charge < -0.3 is 10.6 Å². The average Bonchev–Trinajstić information content (AvgIpc) is 2.41. The minimum absolute atomic E-state index is 0.0101. The number of amides is 1. The lowest BCUT2D eigenvalue weighted by Crippen LogP contribution is -2.38. The molecular weight excluding hydrogens is 236 g/mol. The Kier molecular flexibility index (Phi) is 6.40. The third-order valence-electron chi connectivity index (χ3n) is 3.65. The van der Waals surface area contributed by atoms with Crippen molar-refractivity contribution < 1.29 is 4.79 Å². The van der Waals surface area contributed by atoms with Crippen molar-refractivity contribution in [2.75, 3.05) is 11.9 Å². The van der Waals surface area contributed by atoms with Crippen LogP contribution in [0.25, 0.3) is 0 Å². The van der Waals surface area contributed by atoms with Crippen LogP contribution in [-0.2, 0) is 0 Å². The summed E-state index contributed by atoms with van der Waals surface area (Å²) in [5.41, 5.74) is 1.63. The Hall–Kier alpha value is -1.51. The third-order valence-corrected chi connectivity index (χ3v) is 3.65. The lowest BCUT2D eigenvalue weighted by Gasteiger charge is -2.23. The van der Waals surface area contributed by atoms with Crippen LogP contribution in [0, 0.1) is 5.92 Å². The van der Waals surface area contributed by atoms with Crippen molar-refractivity contribution in [3.63, 3.8) is 0 Å². The maximum Gasteiger partial charge on any atom is 0.253 e. The molecule has 1 aromatic rings. The summed E-state index contributed by atoms with van der Waals surface area (Å²) in [5, 5.41) is 6.34. The lowest BCUT2D eigenvalue weighted by atomic mass is 9.95. The van der Waals surface area contributed by atoms with E-state index < -0.39 is 0 Å². The van der Waals surface area contributed by atoms with Crippen LogP contribution in [0.1, 0.15) is 50.9 Å². The lowest BCUT2D eigenvalue weighted by molar-refractivity contribution is 0.0926. The van der Waals surface area contributed by atoms with Crippen molar-refractivity contribution in [2.45, 2.75) is 46.6 Å². The van der Waals surface area contributed by atoms with Gasteiger partial charge in [0.1, 0.15) is 0 Å². The Morgan fingerprint density at radius 3 is 2.37 bits per heavy atom. The largest absolute Gasteiger partial charge is 0.385 e. The molecule has 0 aliphatic rings. The molecule has 0 aromatic heterocycles. The summed E-state index contributed by atoms with van der Waals surface area (Å²) in [6, 6.07) is 7.86. The van der Waals surface area contributed by atoms with Crippen LogP contribution in [0.5, 0.6) is 0 Å². The molecule has 0 aliphatic carbocycles. The molecular formula is C16H26N2O. The molecule has 3 heteroatoms. The fraction of sp³-hybridized carbons (Fsp3) is 0.562. The van der Waals surface area contributed by atoms with Crippen LogP contribution in [0.4, 0.5) is 5.69 Å². The molecule has 2 N–H and O–H groups in total. The molecule has 3 nitrogen and oxygen atoms in total. The predicted molar refractivity (Wildman–Crippen MR) is 81.6 cm³/mol. The topological polar surface area (TPSA) is 41.1 Å². The van der Waals surface area contributed by atoms with E-state index in [0.717, 1.165) is 30.6 Å². The highest BCUT2D eigenvalue weighted by atomic mass is 16.1. The molecule has 0 spiro atoms. The van der Waals surface area contributed by atoms with Gasteiger partial charge in [-0.3, -0.25) is 4.79 Å². The fourth-order valence-corrected chi connectivity index (χ4v) is 2.42. The Balaban J connectivity index is 2.77. The van der Waals surface area contributed by atoms with E-state index in [4.69, 9.17) is 0 Å². The summed E-state index contributed by atoms with van der Waals surface area (Å²) < 4.78 is 0. The summed E-state index contributed by atoms with van der Waals surface area (Å²) in [6.45, 7) is 9.27. The van der Waals surface area contributed by atoms with E-state index in [0.29, 0.717) is 5.92 Å². The Labute approximate surface area is 116 Å². The molecule has 1 amide bonds. The SMILES string of the molecule is CCNc1ccccc1C(=O)NC(C)C(CC)CC. The average molecular weight is 262 g/mol. The van der Waals surface area contributed by atoms with E-state index in [1.165, 1.54) is 0 Å². The maximum atomic E-state index is 12.3. The van der Waals surface area contributed by atoms with Crippen LogP contribution < -0.4 is 10.6 Å². The van der Waals surface area contributed by atoms with Gasteiger partial charge in [0.15, 0.2) is 0 Å². The van der Waals surface area contributed by atoms with Crippen molar-refractivity contribution in [1.29, 1.82) is 0 Å². The molecule has 106 valence electrons. The first-order valence-corrected chi connectivity index (χ1v) is 7.27. The zero-order valence-corrected chi connectivity index (χ0v) is 12.5. The van der Waals surface area contributed by atoms with Crippen molar-refractivity contribution >= 4 is 11.6 Å². The molecule has 1 aromatic carbocycles. The molecule has 1 rings (SSSR count). The van der Waals surface area contributed by atoms with E-state index in [1.54, 1.807) is 0 Å². The second-order valence-corrected chi connectivity index (χ2v) is 4.91. The minimum atomic E-state index is 0.0101. The van der Waals surface area contributed by atoms with Gasteiger partial charge in [0, 0.05) is 18.3 Å². The first-order valence-electron chi connectivity index (χ1n) is 7.27. The van der Waals surface area contributed by atoms with Crippen LogP contribution in [0.2, 0.25) is 0 Å². The zero-order valence-electron chi connectivity index (χ0n) is 12.5. The van der Waals surface area contributed by atoms with Crippen molar-refractivity contribution in [1.82, 2.24) is 5.32 Å². The zero-order chi connectivity index (χ0) is 14.3. The van der Waals surface area contributed by atoms with Gasteiger partial charge in [-0.25, -0.2) is 0 Å². The number of benzene rings is 1. The highest BCUT2D eigenvalue weighted by molar-refractivity contribution is 5.99. The van der Waals surface area contributed by atoms with E-state index in [-0.39, 0.29) is 11.9 Å². The molecule has 0 saturated carbocycles. The van der Waals surface area contributed by atoms with Gasteiger partial charge in [0.25, 0.3) is 5.91 Å². The number of carbonyl (C=O) groups is 1. The van der Waals surface area contributed by atoms with Gasteiger partial charge in [-0.2, -0.15) is 0 Å². The predicted octanol–water partition coefficient (Wildman–Crippen LogP) is 3.67. The van der Waals surface area contributed by atoms with E-state index >= 15 is 0 Å². The van der Waals surface area contributed by atoms with Gasteiger partial charge in [-0.1, -0.05) is 38.8 Å². The van der Waals surface area contributed by atoms with Gasteiger partial charge in [-0.05, 0) is 31.9 Å². The van der Waals surface area contributed by atoms with Crippen molar-refractivity contribution in [2.24, 2.45) is 5.92 Å². The summed E-state index contributed by atoms with van der Waals surface area (Å²) in [6.07, 6.45) is 2.18. The molecule has 0 bridgehead atoms. The smallest absolute Gasteiger partial charge is 0.253 e. The number of para-hydroxylation sites is 1. The molecule has 1 unspecified atom stereocenters. The first-order chi connectivity index (χ1) is 9.13. The number of carbonyl (C=O) groups excluding carboxylic acids is 1. The summed E-state index contributed by atoms with van der Waals surface area (Å²) in [4.78, 5) is 12.3. The third kappa shape index (κ3) is 4.27. The fourth-order valence-electron chi connectivity index (χ4n) is 2.42. The highest BCUT2D eigenvalue weighted by Gasteiger charge is 2.18. The molecule has 1 atom stereocenters. The second kappa shape index (κ2) is 7.82. The maximum absolute atomic E-state index is 12.3. The number of hydrogen-bond donors (Lipinski definition) is 2. The van der Waals surface area contributed by atoms with Crippen molar-refractivity contribution in [3.05, 3.63) is 29.8 Å². The van der Waals surface area contributed by atoms with Crippen LogP contribution in [0.15, 0.2) is 24.3 Å². The number of hydrogen-bond acceptors (Lipinski definition) is 2. The molecule has 0 radical (unpaired) electrons. The van der Waals surface area contributed by atoms with Crippen LogP contribution >= 0.6 is 0 Å². The normalized spacial score (nSPS) is 12.3. The Bertz CT molecular complexity index is 399. The Morgan fingerprint density at radius 1 is 1.16 bits per heavy atom. The molecule has 0 heterocycles. The molecule has 0 fully saturated rings. The van der Waals surface area contributed by atoms with E-state index in [9.17, 15) is 4.79 Å². The minimum Gasteiger partial charge on any atom is -0.385 e. The molecule has 19 heavy (non-hydrogen) atoms. The summed E-state index contributed by atoms with van der Waals surface area (Å²) in [5.74, 6) is 0.547. The van der Waals surface area contributed by atoms with Crippen molar-refractivity contribution in [3.8, 4) is 0 Å². The van der Waals surface area contributed by atoms with Crippen LogP contribution in [0.3, 0.4) is 0 Å². The van der Waals surface area contributed by atoms with Gasteiger partial charge in [-0.15, -0.1) is 0 Å². The van der Waals surface area contributed by atoms with Crippen LogP contribution in [-0.4, -0.2) is 18.5 Å². The second-order valence-electron chi connectivity index (χ2n) is 4.91. The number of anilines is 1. The molecule has 0 aliphatic heterocycles. The Morgan fingerprint density at radius 2 is 1.79 bits per heavy atom.